The molecule has 5 rings (SSSR count). The summed E-state index contributed by atoms with van der Waals surface area (Å²) < 4.78 is 66.4. The van der Waals surface area contributed by atoms with Crippen molar-refractivity contribution in [1.82, 2.24) is 20.0 Å². The van der Waals surface area contributed by atoms with Gasteiger partial charge in [-0.15, -0.1) is 10.8 Å². The van der Waals surface area contributed by atoms with Crippen LogP contribution < -0.4 is 10.0 Å². The molecule has 2 aromatic carbocycles. The van der Waals surface area contributed by atoms with Crippen LogP contribution in [-0.2, 0) is 25.5 Å². The molecule has 214 valence electrons. The van der Waals surface area contributed by atoms with Crippen molar-refractivity contribution in [1.29, 1.82) is 0 Å². The molecule has 1 saturated heterocycles. The van der Waals surface area contributed by atoms with E-state index in [4.69, 9.17) is 4.74 Å². The Balaban J connectivity index is 1.42. The SMILES string of the molecule is O=C1CC(c2ccc(C[C@H](NC(=O)C3(OC(=O)C(F)(F)F)CCCC3)c3nc4ccccc4[nH]3)cc2)S(O)(O)N1. The van der Waals surface area contributed by atoms with Crippen LogP contribution in [0.2, 0.25) is 0 Å². The van der Waals surface area contributed by atoms with Crippen molar-refractivity contribution >= 4 is 39.6 Å². The fourth-order valence-corrected chi connectivity index (χ4v) is 6.66. The topological polar surface area (TPSA) is 154 Å². The summed E-state index contributed by atoms with van der Waals surface area (Å²) in [5.74, 6) is -3.36. The highest BCUT2D eigenvalue weighted by atomic mass is 32.3. The smallest absolute Gasteiger partial charge is 0.442 e. The van der Waals surface area contributed by atoms with Crippen molar-refractivity contribution in [2.45, 2.75) is 61.6 Å². The number of esters is 1. The van der Waals surface area contributed by atoms with E-state index in [0.717, 1.165) is 0 Å². The van der Waals surface area contributed by atoms with Crippen molar-refractivity contribution in [2.75, 3.05) is 0 Å². The van der Waals surface area contributed by atoms with Gasteiger partial charge in [0.2, 0.25) is 5.91 Å². The summed E-state index contributed by atoms with van der Waals surface area (Å²) in [6, 6.07) is 13.0. The number of H-pyrrole nitrogens is 1. The number of rotatable bonds is 7. The van der Waals surface area contributed by atoms with Crippen LogP contribution >= 0.6 is 10.8 Å². The lowest BCUT2D eigenvalue weighted by Gasteiger charge is -2.33. The summed E-state index contributed by atoms with van der Waals surface area (Å²) in [5.41, 5.74) is 0.591. The molecule has 3 aromatic rings. The van der Waals surface area contributed by atoms with E-state index in [1.807, 2.05) is 0 Å². The van der Waals surface area contributed by atoms with Crippen molar-refractivity contribution in [3.63, 3.8) is 0 Å². The third-order valence-electron chi connectivity index (χ3n) is 7.21. The number of carbonyl (C=O) groups is 3. The van der Waals surface area contributed by atoms with E-state index in [2.05, 4.69) is 20.0 Å². The molecule has 40 heavy (non-hydrogen) atoms. The van der Waals surface area contributed by atoms with E-state index in [-0.39, 0.29) is 25.7 Å². The molecular formula is C26H27F3N4O6S. The lowest BCUT2D eigenvalue weighted by Crippen LogP contribution is -2.51. The summed E-state index contributed by atoms with van der Waals surface area (Å²) in [5, 5.41) is 1.96. The maximum absolute atomic E-state index is 13.5. The fraction of sp³-hybridized carbons (Fsp3) is 0.385. The van der Waals surface area contributed by atoms with E-state index in [9.17, 15) is 36.7 Å². The number of alkyl halides is 3. The van der Waals surface area contributed by atoms with E-state index < -0.39 is 51.6 Å². The van der Waals surface area contributed by atoms with Crippen LogP contribution in [0.1, 0.15) is 60.3 Å². The minimum atomic E-state index is -5.24. The molecule has 1 aliphatic heterocycles. The Morgan fingerprint density at radius 2 is 1.80 bits per heavy atom. The van der Waals surface area contributed by atoms with Gasteiger partial charge in [0.05, 0.1) is 23.5 Å². The Kier molecular flexibility index (Phi) is 7.27. The van der Waals surface area contributed by atoms with Crippen LogP contribution in [0.3, 0.4) is 0 Å². The number of hydrogen-bond donors (Lipinski definition) is 5. The number of aromatic nitrogens is 2. The van der Waals surface area contributed by atoms with E-state index in [1.54, 1.807) is 48.5 Å². The number of carbonyl (C=O) groups excluding carboxylic acids is 3. The molecule has 1 aliphatic carbocycles. The van der Waals surface area contributed by atoms with Crippen LogP contribution in [0.25, 0.3) is 11.0 Å². The Morgan fingerprint density at radius 3 is 2.40 bits per heavy atom. The first-order valence-electron chi connectivity index (χ1n) is 12.6. The molecule has 14 heteroatoms. The van der Waals surface area contributed by atoms with Gasteiger partial charge in [0.25, 0.3) is 5.91 Å². The predicted octanol–water partition coefficient (Wildman–Crippen LogP) is 4.61. The number of fused-ring (bicyclic) bond motifs is 1. The molecule has 10 nitrogen and oxygen atoms in total. The van der Waals surface area contributed by atoms with Crippen molar-refractivity contribution in [2.24, 2.45) is 0 Å². The molecular weight excluding hydrogens is 553 g/mol. The number of aromatic amines is 1. The molecule has 2 atom stereocenters. The fourth-order valence-electron chi connectivity index (χ4n) is 5.18. The van der Waals surface area contributed by atoms with E-state index in [0.29, 0.717) is 40.8 Å². The second kappa shape index (κ2) is 10.4. The van der Waals surface area contributed by atoms with Crippen LogP contribution in [-0.4, -0.2) is 48.6 Å². The van der Waals surface area contributed by atoms with Gasteiger partial charge < -0.3 is 15.0 Å². The molecule has 2 fully saturated rings. The van der Waals surface area contributed by atoms with Crippen LogP contribution in [0.5, 0.6) is 0 Å². The third kappa shape index (κ3) is 5.64. The average Bonchev–Trinajstić information content (AvgIpc) is 3.60. The molecule has 2 amide bonds. The summed E-state index contributed by atoms with van der Waals surface area (Å²) in [7, 11) is -3.33. The number of ether oxygens (including phenoxy) is 1. The van der Waals surface area contributed by atoms with Crippen molar-refractivity contribution < 1.29 is 41.4 Å². The zero-order valence-corrected chi connectivity index (χ0v) is 21.8. The van der Waals surface area contributed by atoms with Gasteiger partial charge in [-0.1, -0.05) is 36.4 Å². The molecule has 0 spiro atoms. The summed E-state index contributed by atoms with van der Waals surface area (Å²) in [6.07, 6.45) is -4.38. The van der Waals surface area contributed by atoms with Crippen LogP contribution in [0, 0.1) is 0 Å². The summed E-state index contributed by atoms with van der Waals surface area (Å²) in [4.78, 5) is 44.5. The molecule has 1 aromatic heterocycles. The lowest BCUT2D eigenvalue weighted by atomic mass is 9.98. The maximum atomic E-state index is 13.5. The van der Waals surface area contributed by atoms with Gasteiger partial charge in [-0.05, 0) is 55.4 Å². The van der Waals surface area contributed by atoms with Crippen LogP contribution in [0.15, 0.2) is 48.5 Å². The number of imidazole rings is 1. The molecule has 1 saturated carbocycles. The summed E-state index contributed by atoms with van der Waals surface area (Å²) in [6.45, 7) is 0. The van der Waals surface area contributed by atoms with Gasteiger partial charge in [-0.25, -0.2) is 9.78 Å². The van der Waals surface area contributed by atoms with Crippen LogP contribution in [0.4, 0.5) is 13.2 Å². The van der Waals surface area contributed by atoms with Crippen molar-refractivity contribution in [3.05, 3.63) is 65.5 Å². The first-order chi connectivity index (χ1) is 18.9. The van der Waals surface area contributed by atoms with Gasteiger partial charge in [-0.2, -0.15) is 13.2 Å². The first-order valence-corrected chi connectivity index (χ1v) is 14.2. The number of benzene rings is 2. The first kappa shape index (κ1) is 27.9. The second-order valence-electron chi connectivity index (χ2n) is 10.0. The zero-order chi connectivity index (χ0) is 28.7. The molecule has 2 aliphatic rings. The van der Waals surface area contributed by atoms with Gasteiger partial charge in [0, 0.05) is 0 Å². The molecule has 5 N–H and O–H groups in total. The highest BCUT2D eigenvalue weighted by Crippen LogP contribution is 2.56. The van der Waals surface area contributed by atoms with E-state index in [1.165, 1.54) is 0 Å². The number of para-hydroxylation sites is 2. The molecule has 2 heterocycles. The van der Waals surface area contributed by atoms with Gasteiger partial charge >= 0.3 is 12.1 Å². The number of halogens is 3. The molecule has 0 bridgehead atoms. The zero-order valence-electron chi connectivity index (χ0n) is 21.0. The number of amides is 2. The Labute approximate surface area is 228 Å². The van der Waals surface area contributed by atoms with Crippen molar-refractivity contribution in [3.8, 4) is 0 Å². The Bertz CT molecular complexity index is 1400. The summed E-state index contributed by atoms with van der Waals surface area (Å²) >= 11 is 0. The standard InChI is InChI=1S/C26H27F3N4O6S/c27-26(28,29)24(36)39-25(11-3-4-12-25)23(35)32-19(22-30-17-5-1-2-6-18(17)31-22)13-15-7-9-16(10-8-15)20-14-21(34)33-40(20,37)38/h1-2,5-10,19-20,37-38H,3-4,11-14H2,(H,30,31)(H,32,35)(H,33,34)/t19-,20?/m0/s1. The highest BCUT2D eigenvalue weighted by Gasteiger charge is 2.51. The minimum Gasteiger partial charge on any atom is -0.442 e. The number of nitrogens with zero attached hydrogens (tertiary/aromatic N) is 1. The number of nitrogens with one attached hydrogen (secondary N) is 3. The molecule has 1 unspecified atom stereocenters. The highest BCUT2D eigenvalue weighted by molar-refractivity contribution is 8.23. The lowest BCUT2D eigenvalue weighted by molar-refractivity contribution is -0.214. The second-order valence-corrected chi connectivity index (χ2v) is 12.0. The van der Waals surface area contributed by atoms with Gasteiger partial charge in [0.15, 0.2) is 5.60 Å². The Hall–Kier alpha value is -3.62. The quantitative estimate of drug-likeness (QED) is 0.256. The third-order valence-corrected chi connectivity index (χ3v) is 8.97. The Morgan fingerprint density at radius 1 is 1.12 bits per heavy atom. The van der Waals surface area contributed by atoms with E-state index >= 15 is 0 Å². The maximum Gasteiger partial charge on any atom is 0.490 e. The monoisotopic (exact) mass is 580 g/mol. The number of hydrogen-bond acceptors (Lipinski definition) is 7. The largest absolute Gasteiger partial charge is 0.490 e. The molecule has 0 radical (unpaired) electrons. The average molecular weight is 581 g/mol. The minimum absolute atomic E-state index is 0.0389. The van der Waals surface area contributed by atoms with Gasteiger partial charge in [-0.3, -0.25) is 23.4 Å². The predicted molar refractivity (Wildman–Crippen MR) is 139 cm³/mol. The van der Waals surface area contributed by atoms with Gasteiger partial charge in [0.1, 0.15) is 11.1 Å². The normalized spacial score (nSPS) is 21.5.